The summed E-state index contributed by atoms with van der Waals surface area (Å²) in [6.45, 7) is 7.93. The molecule has 0 spiro atoms. The van der Waals surface area contributed by atoms with Crippen LogP contribution in [0.3, 0.4) is 0 Å². The van der Waals surface area contributed by atoms with E-state index in [2.05, 4.69) is 31.1 Å². The largest absolute Gasteiger partial charge is 0.360 e. The first-order valence-electron chi connectivity index (χ1n) is 8.13. The third kappa shape index (κ3) is 3.86. The molecule has 2 rings (SSSR count). The molecule has 0 bridgehead atoms. The van der Waals surface area contributed by atoms with Crippen LogP contribution in [0.4, 0.5) is 0 Å². The van der Waals surface area contributed by atoms with Crippen LogP contribution in [0.25, 0.3) is 0 Å². The first-order valence-corrected chi connectivity index (χ1v) is 8.13. The summed E-state index contributed by atoms with van der Waals surface area (Å²) in [7, 11) is 0. The van der Waals surface area contributed by atoms with E-state index in [1.807, 2.05) is 6.92 Å². The Balaban J connectivity index is 1.86. The molecule has 1 N–H and O–H groups in total. The summed E-state index contributed by atoms with van der Waals surface area (Å²) in [6, 6.07) is 2.21. The highest BCUT2D eigenvalue weighted by molar-refractivity contribution is 5.20. The van der Waals surface area contributed by atoms with Crippen molar-refractivity contribution in [1.82, 2.24) is 4.98 Å². The fourth-order valence-electron chi connectivity index (χ4n) is 2.93. The summed E-state index contributed by atoms with van der Waals surface area (Å²) < 4.78 is 11.4. The topological polar surface area (TPSA) is 34.2 Å². The van der Waals surface area contributed by atoms with Gasteiger partial charge < -0.3 is 14.5 Å². The summed E-state index contributed by atoms with van der Waals surface area (Å²) in [5.41, 5.74) is 2.42. The second-order valence-electron chi connectivity index (χ2n) is 6.02. The summed E-state index contributed by atoms with van der Waals surface area (Å²) in [5.74, 6) is 0.299. The van der Waals surface area contributed by atoms with Gasteiger partial charge in [-0.2, -0.15) is 0 Å². The molecule has 1 unspecified atom stereocenters. The van der Waals surface area contributed by atoms with Crippen molar-refractivity contribution in [1.29, 1.82) is 0 Å². The van der Waals surface area contributed by atoms with Crippen molar-refractivity contribution >= 4 is 0 Å². The first-order chi connectivity index (χ1) is 9.68. The lowest BCUT2D eigenvalue weighted by Gasteiger charge is -2.20. The Morgan fingerprint density at radius 1 is 1.25 bits per heavy atom. The molecule has 2 heterocycles. The third-order valence-corrected chi connectivity index (χ3v) is 4.45. The van der Waals surface area contributed by atoms with Gasteiger partial charge in [0.2, 0.25) is 5.79 Å². The van der Waals surface area contributed by atoms with Gasteiger partial charge in [-0.05, 0) is 37.3 Å². The van der Waals surface area contributed by atoms with Crippen molar-refractivity contribution in [3.8, 4) is 0 Å². The van der Waals surface area contributed by atoms with Gasteiger partial charge in [0.05, 0.1) is 18.9 Å². The van der Waals surface area contributed by atoms with E-state index in [0.717, 1.165) is 18.0 Å². The molecular weight excluding hydrogens is 250 g/mol. The highest BCUT2D eigenvalue weighted by Crippen LogP contribution is 2.30. The van der Waals surface area contributed by atoms with Gasteiger partial charge in [-0.15, -0.1) is 0 Å². The van der Waals surface area contributed by atoms with Crippen molar-refractivity contribution in [2.45, 2.75) is 65.1 Å². The average molecular weight is 279 g/mol. The monoisotopic (exact) mass is 279 g/mol. The minimum atomic E-state index is -0.565. The third-order valence-electron chi connectivity index (χ3n) is 4.45. The van der Waals surface area contributed by atoms with Crippen LogP contribution in [0, 0.1) is 5.92 Å². The summed E-state index contributed by atoms with van der Waals surface area (Å²) in [5, 5.41) is 0. The number of hydrogen-bond acceptors (Lipinski definition) is 2. The predicted molar refractivity (Wildman–Crippen MR) is 81.7 cm³/mol. The van der Waals surface area contributed by atoms with Gasteiger partial charge in [-0.25, -0.2) is 0 Å². The normalized spacial score (nSPS) is 19.4. The molecule has 1 fully saturated rings. The maximum atomic E-state index is 5.69. The highest BCUT2D eigenvalue weighted by atomic mass is 16.7. The molecule has 1 aromatic rings. The second-order valence-corrected chi connectivity index (χ2v) is 6.02. The molecule has 0 amide bonds. The van der Waals surface area contributed by atoms with Gasteiger partial charge in [0, 0.05) is 6.20 Å². The maximum absolute atomic E-state index is 5.69. The molecule has 1 atom stereocenters. The molecule has 3 nitrogen and oxygen atoms in total. The Labute approximate surface area is 123 Å². The van der Waals surface area contributed by atoms with Crippen LogP contribution in [0.5, 0.6) is 0 Å². The lowest BCUT2D eigenvalue weighted by Crippen LogP contribution is -2.22. The van der Waals surface area contributed by atoms with E-state index in [0.29, 0.717) is 13.2 Å². The Morgan fingerprint density at radius 2 is 2.00 bits per heavy atom. The van der Waals surface area contributed by atoms with Crippen molar-refractivity contribution in [3.63, 3.8) is 0 Å². The molecule has 1 aliphatic rings. The number of hydrogen-bond donors (Lipinski definition) is 1. The van der Waals surface area contributed by atoms with Crippen LogP contribution in [0.1, 0.15) is 64.1 Å². The number of rotatable bonds is 8. The summed E-state index contributed by atoms with van der Waals surface area (Å²) in [6.07, 6.45) is 9.86. The Bertz CT molecular complexity index is 393. The molecule has 0 aromatic carbocycles. The SMILES string of the molecule is CCCCC(CC)CCc1c[nH]c(C2(C)OCCO2)c1. The average Bonchev–Trinajstić information content (AvgIpc) is 3.09. The minimum absolute atomic E-state index is 0.565. The fraction of sp³-hybridized carbons (Fsp3) is 0.765. The van der Waals surface area contributed by atoms with Crippen molar-refractivity contribution in [2.75, 3.05) is 13.2 Å². The van der Waals surface area contributed by atoms with Gasteiger partial charge in [0.15, 0.2) is 0 Å². The molecule has 3 heteroatoms. The van der Waals surface area contributed by atoms with E-state index in [4.69, 9.17) is 9.47 Å². The van der Waals surface area contributed by atoms with Gasteiger partial charge >= 0.3 is 0 Å². The smallest absolute Gasteiger partial charge is 0.207 e. The maximum Gasteiger partial charge on any atom is 0.207 e. The van der Waals surface area contributed by atoms with Gasteiger partial charge in [0.1, 0.15) is 0 Å². The van der Waals surface area contributed by atoms with Gasteiger partial charge in [-0.1, -0.05) is 39.5 Å². The van der Waals surface area contributed by atoms with Crippen molar-refractivity contribution in [2.24, 2.45) is 5.92 Å². The van der Waals surface area contributed by atoms with Gasteiger partial charge in [0.25, 0.3) is 0 Å². The van der Waals surface area contributed by atoms with E-state index in [9.17, 15) is 0 Å². The number of H-pyrrole nitrogens is 1. The Kier molecular flexibility index (Phi) is 5.67. The molecule has 0 aliphatic carbocycles. The Morgan fingerprint density at radius 3 is 2.65 bits per heavy atom. The van der Waals surface area contributed by atoms with Crippen LogP contribution < -0.4 is 0 Å². The lowest BCUT2D eigenvalue weighted by molar-refractivity contribution is -0.152. The number of nitrogens with one attached hydrogen (secondary N) is 1. The molecule has 0 radical (unpaired) electrons. The molecule has 114 valence electrons. The van der Waals surface area contributed by atoms with E-state index in [1.165, 1.54) is 37.7 Å². The molecule has 20 heavy (non-hydrogen) atoms. The molecule has 1 aliphatic heterocycles. The predicted octanol–water partition coefficient (Wildman–Crippen LogP) is 4.38. The summed E-state index contributed by atoms with van der Waals surface area (Å²) in [4.78, 5) is 3.32. The number of aryl methyl sites for hydroxylation is 1. The molecular formula is C17H29NO2. The van der Waals surface area contributed by atoms with Crippen molar-refractivity contribution < 1.29 is 9.47 Å². The van der Waals surface area contributed by atoms with E-state index in [-0.39, 0.29) is 0 Å². The quantitative estimate of drug-likeness (QED) is 0.766. The molecule has 0 saturated carbocycles. The summed E-state index contributed by atoms with van der Waals surface area (Å²) >= 11 is 0. The van der Waals surface area contributed by atoms with Crippen molar-refractivity contribution in [3.05, 3.63) is 23.5 Å². The molecule has 1 aromatic heterocycles. The van der Waals surface area contributed by atoms with E-state index in [1.54, 1.807) is 0 Å². The second kappa shape index (κ2) is 7.28. The number of unbranched alkanes of at least 4 members (excludes halogenated alkanes) is 1. The zero-order valence-electron chi connectivity index (χ0n) is 13.2. The molecule has 1 saturated heterocycles. The number of ether oxygens (including phenoxy) is 2. The fourth-order valence-corrected chi connectivity index (χ4v) is 2.93. The van der Waals surface area contributed by atoms with Crippen LogP contribution in [0.2, 0.25) is 0 Å². The van der Waals surface area contributed by atoms with Crippen LogP contribution in [0.15, 0.2) is 12.3 Å². The minimum Gasteiger partial charge on any atom is -0.360 e. The van der Waals surface area contributed by atoms with E-state index < -0.39 is 5.79 Å². The van der Waals surface area contributed by atoms with Crippen LogP contribution in [-0.2, 0) is 21.7 Å². The van der Waals surface area contributed by atoms with Crippen LogP contribution in [-0.4, -0.2) is 18.2 Å². The highest BCUT2D eigenvalue weighted by Gasteiger charge is 2.34. The Hall–Kier alpha value is -0.800. The number of aromatic nitrogens is 1. The van der Waals surface area contributed by atoms with E-state index >= 15 is 0 Å². The van der Waals surface area contributed by atoms with Crippen LogP contribution >= 0.6 is 0 Å². The number of aromatic amines is 1. The zero-order valence-corrected chi connectivity index (χ0v) is 13.2. The standard InChI is InChI=1S/C17H29NO2/c1-4-6-7-14(5-2)8-9-15-12-16(18-13-15)17(3)19-10-11-20-17/h12-14,18H,4-11H2,1-3H3. The lowest BCUT2D eigenvalue weighted by atomic mass is 9.93. The van der Waals surface area contributed by atoms with Gasteiger partial charge in [-0.3, -0.25) is 0 Å². The first kappa shape index (κ1) is 15.6. The zero-order chi connectivity index (χ0) is 14.4.